The van der Waals surface area contributed by atoms with Crippen LogP contribution in [-0.4, -0.2) is 47.1 Å². The first-order valence-corrected chi connectivity index (χ1v) is 8.51. The quantitative estimate of drug-likeness (QED) is 0.433. The van der Waals surface area contributed by atoms with E-state index >= 15 is 0 Å². The van der Waals surface area contributed by atoms with Crippen molar-refractivity contribution in [3.63, 3.8) is 0 Å². The minimum absolute atomic E-state index is 0. The predicted octanol–water partition coefficient (Wildman–Crippen LogP) is 2.69. The zero-order chi connectivity index (χ0) is 16.1. The second kappa shape index (κ2) is 9.16. The fourth-order valence-electron chi connectivity index (χ4n) is 2.59. The fraction of sp³-hybridized carbons (Fsp3) is 0.438. The van der Waals surface area contributed by atoms with Crippen LogP contribution in [0, 0.1) is 6.92 Å². The topological polar surface area (TPSA) is 62.6 Å². The zero-order valence-corrected chi connectivity index (χ0v) is 17.0. The number of halogens is 1. The van der Waals surface area contributed by atoms with E-state index in [1.54, 1.807) is 17.5 Å². The summed E-state index contributed by atoms with van der Waals surface area (Å²) in [5, 5.41) is 4.49. The number of hydrogen-bond acceptors (Lipinski definition) is 5. The third-order valence-electron chi connectivity index (χ3n) is 3.67. The van der Waals surface area contributed by atoms with Crippen molar-refractivity contribution in [3.05, 3.63) is 40.5 Å². The monoisotopic (exact) mass is 459 g/mol. The summed E-state index contributed by atoms with van der Waals surface area (Å²) in [4.78, 5) is 16.3. The Kier molecular flexibility index (Phi) is 7.22. The molecule has 1 aliphatic heterocycles. The molecule has 0 aromatic carbocycles. The molecule has 3 rings (SSSR count). The summed E-state index contributed by atoms with van der Waals surface area (Å²) in [7, 11) is 1.81. The number of hydrogen-bond donors (Lipinski definition) is 1. The van der Waals surface area contributed by atoms with Crippen LogP contribution in [0.4, 0.5) is 0 Å². The van der Waals surface area contributed by atoms with Crippen LogP contribution in [0.3, 0.4) is 0 Å². The molecule has 0 amide bonds. The second-order valence-electron chi connectivity index (χ2n) is 5.39. The SMILES string of the molecule is CN=C(NCc1cnc(C)s1)N1CCC(Oc2ccccn2)C1.I. The number of likely N-dealkylation sites (tertiary alicyclic amines) is 1. The number of nitrogens with zero attached hydrogens (tertiary/aromatic N) is 4. The summed E-state index contributed by atoms with van der Waals surface area (Å²) in [5.41, 5.74) is 0. The molecule has 130 valence electrons. The third-order valence-corrected chi connectivity index (χ3v) is 4.58. The predicted molar refractivity (Wildman–Crippen MR) is 107 cm³/mol. The Hall–Kier alpha value is -1.42. The minimum atomic E-state index is 0. The smallest absolute Gasteiger partial charge is 0.213 e. The number of thiazole rings is 1. The van der Waals surface area contributed by atoms with E-state index in [-0.39, 0.29) is 30.1 Å². The minimum Gasteiger partial charge on any atom is -0.472 e. The molecule has 3 heterocycles. The Labute approximate surface area is 163 Å². The molecular formula is C16H22IN5OS. The van der Waals surface area contributed by atoms with E-state index in [4.69, 9.17) is 4.74 Å². The average molecular weight is 459 g/mol. The van der Waals surface area contributed by atoms with Gasteiger partial charge in [0.05, 0.1) is 18.1 Å². The number of rotatable bonds is 4. The van der Waals surface area contributed by atoms with Crippen LogP contribution in [0.1, 0.15) is 16.3 Å². The fourth-order valence-corrected chi connectivity index (χ4v) is 3.32. The van der Waals surface area contributed by atoms with Crippen molar-refractivity contribution in [2.75, 3.05) is 20.1 Å². The number of guanidine groups is 1. The van der Waals surface area contributed by atoms with Crippen LogP contribution in [-0.2, 0) is 6.54 Å². The molecule has 1 saturated heterocycles. The largest absolute Gasteiger partial charge is 0.472 e. The summed E-state index contributed by atoms with van der Waals surface area (Å²) >= 11 is 1.70. The van der Waals surface area contributed by atoms with Crippen LogP contribution in [0.25, 0.3) is 0 Å². The van der Waals surface area contributed by atoms with E-state index < -0.39 is 0 Å². The van der Waals surface area contributed by atoms with Crippen molar-refractivity contribution < 1.29 is 4.74 Å². The van der Waals surface area contributed by atoms with Gasteiger partial charge in [-0.3, -0.25) is 4.99 Å². The van der Waals surface area contributed by atoms with Gasteiger partial charge in [-0.25, -0.2) is 9.97 Å². The van der Waals surface area contributed by atoms with Crippen LogP contribution in [0.5, 0.6) is 5.88 Å². The summed E-state index contributed by atoms with van der Waals surface area (Å²) in [6, 6.07) is 5.72. The van der Waals surface area contributed by atoms with Gasteiger partial charge in [0.15, 0.2) is 5.96 Å². The molecule has 6 nitrogen and oxygen atoms in total. The van der Waals surface area contributed by atoms with Crippen LogP contribution in [0.15, 0.2) is 35.6 Å². The van der Waals surface area contributed by atoms with Gasteiger partial charge in [0.25, 0.3) is 0 Å². The van der Waals surface area contributed by atoms with E-state index in [1.807, 2.05) is 38.4 Å². The number of aryl methyl sites for hydroxylation is 1. The molecule has 2 aromatic rings. The van der Waals surface area contributed by atoms with E-state index in [9.17, 15) is 0 Å². The van der Waals surface area contributed by atoms with E-state index in [0.717, 1.165) is 37.0 Å². The molecule has 1 atom stereocenters. The molecule has 0 spiro atoms. The Balaban J connectivity index is 0.00000208. The molecule has 1 aliphatic rings. The van der Waals surface area contributed by atoms with Gasteiger partial charge >= 0.3 is 0 Å². The number of pyridine rings is 1. The standard InChI is InChI=1S/C16H21N5OS.HI/c1-12-19-9-14(23-12)10-20-16(17-2)21-8-6-13(11-21)22-15-5-3-4-7-18-15;/h3-5,7,9,13H,6,8,10-11H2,1-2H3,(H,17,20);1H. The number of nitrogens with one attached hydrogen (secondary N) is 1. The average Bonchev–Trinajstić information content (AvgIpc) is 3.19. The van der Waals surface area contributed by atoms with Gasteiger partial charge in [0.1, 0.15) is 6.10 Å². The van der Waals surface area contributed by atoms with Gasteiger partial charge in [-0.2, -0.15) is 0 Å². The van der Waals surface area contributed by atoms with E-state index in [2.05, 4.69) is 25.2 Å². The zero-order valence-electron chi connectivity index (χ0n) is 13.8. The second-order valence-corrected chi connectivity index (χ2v) is 6.71. The highest BCUT2D eigenvalue weighted by molar-refractivity contribution is 14.0. The van der Waals surface area contributed by atoms with Gasteiger partial charge in [-0.05, 0) is 13.0 Å². The first kappa shape index (κ1) is 18.9. The molecule has 0 saturated carbocycles. The van der Waals surface area contributed by atoms with Crippen molar-refractivity contribution in [3.8, 4) is 5.88 Å². The lowest BCUT2D eigenvalue weighted by molar-refractivity contribution is 0.205. The molecule has 0 radical (unpaired) electrons. The molecule has 2 aromatic heterocycles. The first-order valence-electron chi connectivity index (χ1n) is 7.69. The van der Waals surface area contributed by atoms with Gasteiger partial charge in [-0.1, -0.05) is 6.07 Å². The maximum Gasteiger partial charge on any atom is 0.213 e. The van der Waals surface area contributed by atoms with Crippen molar-refractivity contribution in [1.29, 1.82) is 0 Å². The molecule has 1 unspecified atom stereocenters. The molecule has 0 bridgehead atoms. The Morgan fingerprint density at radius 3 is 3.00 bits per heavy atom. The molecule has 1 N–H and O–H groups in total. The lowest BCUT2D eigenvalue weighted by Gasteiger charge is -2.21. The Morgan fingerprint density at radius 2 is 2.33 bits per heavy atom. The maximum atomic E-state index is 5.92. The third kappa shape index (κ3) is 5.04. The molecule has 1 fully saturated rings. The van der Waals surface area contributed by atoms with Crippen LogP contribution >= 0.6 is 35.3 Å². The Morgan fingerprint density at radius 1 is 1.46 bits per heavy atom. The van der Waals surface area contributed by atoms with Crippen molar-refractivity contribution in [2.24, 2.45) is 4.99 Å². The summed E-state index contributed by atoms with van der Waals surface area (Å²) < 4.78 is 5.92. The normalized spacial score (nSPS) is 17.5. The number of aliphatic imine (C=N–C) groups is 1. The summed E-state index contributed by atoms with van der Waals surface area (Å²) in [6.45, 7) is 4.51. The van der Waals surface area contributed by atoms with Crippen LogP contribution < -0.4 is 10.1 Å². The van der Waals surface area contributed by atoms with Gasteiger partial charge < -0.3 is 15.0 Å². The lowest BCUT2D eigenvalue weighted by Crippen LogP contribution is -2.40. The highest BCUT2D eigenvalue weighted by Gasteiger charge is 2.26. The molecule has 24 heavy (non-hydrogen) atoms. The number of ether oxygens (including phenoxy) is 1. The van der Waals surface area contributed by atoms with E-state index in [1.165, 1.54) is 4.88 Å². The number of aromatic nitrogens is 2. The summed E-state index contributed by atoms with van der Waals surface area (Å²) in [5.74, 6) is 1.59. The van der Waals surface area contributed by atoms with Crippen molar-refractivity contribution in [1.82, 2.24) is 20.2 Å². The van der Waals surface area contributed by atoms with Crippen molar-refractivity contribution in [2.45, 2.75) is 26.0 Å². The molecular weight excluding hydrogens is 437 g/mol. The van der Waals surface area contributed by atoms with Gasteiger partial charge in [0.2, 0.25) is 5.88 Å². The first-order chi connectivity index (χ1) is 11.2. The summed E-state index contributed by atoms with van der Waals surface area (Å²) in [6.07, 6.45) is 4.78. The maximum absolute atomic E-state index is 5.92. The highest BCUT2D eigenvalue weighted by Crippen LogP contribution is 2.17. The van der Waals surface area contributed by atoms with Gasteiger partial charge in [-0.15, -0.1) is 35.3 Å². The Bertz CT molecular complexity index is 663. The molecule has 8 heteroatoms. The highest BCUT2D eigenvalue weighted by atomic mass is 127. The van der Waals surface area contributed by atoms with Crippen LogP contribution in [0.2, 0.25) is 0 Å². The lowest BCUT2D eigenvalue weighted by atomic mass is 10.3. The van der Waals surface area contributed by atoms with Crippen molar-refractivity contribution >= 4 is 41.3 Å². The molecule has 0 aliphatic carbocycles. The van der Waals surface area contributed by atoms with E-state index in [0.29, 0.717) is 5.88 Å². The van der Waals surface area contributed by atoms with Gasteiger partial charge in [0, 0.05) is 43.4 Å².